The van der Waals surface area contributed by atoms with Crippen molar-refractivity contribution in [1.82, 2.24) is 0 Å². The zero-order valence-corrected chi connectivity index (χ0v) is 11.0. The van der Waals surface area contributed by atoms with Gasteiger partial charge in [-0.05, 0) is 12.8 Å². The van der Waals surface area contributed by atoms with Crippen LogP contribution in [-0.2, 0) is 19.6 Å². The largest absolute Gasteiger partial charge is 0.465 e. The van der Waals surface area contributed by atoms with Gasteiger partial charge in [0, 0.05) is 6.42 Å². The van der Waals surface area contributed by atoms with Gasteiger partial charge in [0.2, 0.25) is 0 Å². The molecule has 1 saturated carbocycles. The fraction of sp³-hybridized carbons (Fsp3) is 0.909. The number of carbonyl (C=O) groups is 1. The summed E-state index contributed by atoms with van der Waals surface area (Å²) in [6, 6.07) is 0. The molecule has 1 N–H and O–H groups in total. The molecule has 0 radical (unpaired) electrons. The normalized spacial score (nSPS) is 19.4. The van der Waals surface area contributed by atoms with Crippen molar-refractivity contribution in [3.8, 4) is 0 Å². The Morgan fingerprint density at radius 2 is 1.94 bits per heavy atom. The van der Waals surface area contributed by atoms with E-state index in [1.54, 1.807) is 0 Å². The average molecular weight is 282 g/mol. The van der Waals surface area contributed by atoms with Gasteiger partial charge in [-0.25, -0.2) is 4.39 Å². The van der Waals surface area contributed by atoms with Gasteiger partial charge in [-0.3, -0.25) is 9.35 Å². The van der Waals surface area contributed by atoms with E-state index in [0.717, 1.165) is 32.1 Å². The molecule has 106 valence electrons. The van der Waals surface area contributed by atoms with Crippen LogP contribution in [0.5, 0.6) is 0 Å². The molecular weight excluding hydrogens is 263 g/mol. The molecule has 1 aliphatic rings. The lowest BCUT2D eigenvalue weighted by Crippen LogP contribution is -2.23. The summed E-state index contributed by atoms with van der Waals surface area (Å²) in [7, 11) is -4.31. The van der Waals surface area contributed by atoms with Gasteiger partial charge in [0.05, 0.1) is 12.5 Å². The van der Waals surface area contributed by atoms with E-state index in [1.807, 2.05) is 0 Å². The van der Waals surface area contributed by atoms with E-state index >= 15 is 0 Å². The lowest BCUT2D eigenvalue weighted by Gasteiger charge is -2.20. The lowest BCUT2D eigenvalue weighted by molar-refractivity contribution is -0.150. The molecule has 0 heterocycles. The molecular formula is C11H19FO5S. The number of hydrogen-bond acceptors (Lipinski definition) is 4. The first-order valence-electron chi connectivity index (χ1n) is 6.14. The maximum absolute atomic E-state index is 13.1. The Kier molecular flexibility index (Phi) is 6.01. The molecule has 0 saturated heterocycles. The second-order valence-electron chi connectivity index (χ2n) is 4.64. The van der Waals surface area contributed by atoms with Crippen LogP contribution in [-0.4, -0.2) is 37.5 Å². The van der Waals surface area contributed by atoms with Crippen molar-refractivity contribution >= 4 is 16.1 Å². The first kappa shape index (κ1) is 15.4. The van der Waals surface area contributed by atoms with Gasteiger partial charge in [-0.1, -0.05) is 19.3 Å². The zero-order chi connectivity index (χ0) is 13.6. The van der Waals surface area contributed by atoms with Gasteiger partial charge < -0.3 is 4.74 Å². The van der Waals surface area contributed by atoms with E-state index < -0.39 is 22.0 Å². The summed E-state index contributed by atoms with van der Waals surface area (Å²) >= 11 is 0. The molecule has 0 amide bonds. The van der Waals surface area contributed by atoms with E-state index in [-0.39, 0.29) is 24.9 Å². The number of halogens is 1. The van der Waals surface area contributed by atoms with E-state index in [9.17, 15) is 17.6 Å². The van der Waals surface area contributed by atoms with Crippen LogP contribution in [0.3, 0.4) is 0 Å². The smallest absolute Gasteiger partial charge is 0.308 e. The highest BCUT2D eigenvalue weighted by Crippen LogP contribution is 2.24. The number of ether oxygens (including phenoxy) is 1. The van der Waals surface area contributed by atoms with Crippen molar-refractivity contribution in [2.75, 3.05) is 12.4 Å². The molecule has 1 fully saturated rings. The third kappa shape index (κ3) is 6.30. The maximum Gasteiger partial charge on any atom is 0.308 e. The molecule has 0 aromatic rings. The SMILES string of the molecule is O=C(OCCC(F)CS(=O)(=O)O)C1CCCCC1. The summed E-state index contributed by atoms with van der Waals surface area (Å²) in [5.41, 5.74) is 0. The van der Waals surface area contributed by atoms with Crippen LogP contribution in [0.4, 0.5) is 4.39 Å². The topological polar surface area (TPSA) is 80.7 Å². The first-order valence-corrected chi connectivity index (χ1v) is 7.75. The first-order chi connectivity index (χ1) is 8.38. The Hall–Kier alpha value is -0.690. The van der Waals surface area contributed by atoms with Crippen molar-refractivity contribution in [2.24, 2.45) is 5.92 Å². The minimum atomic E-state index is -4.31. The third-order valence-electron chi connectivity index (χ3n) is 3.01. The predicted molar refractivity (Wildman–Crippen MR) is 63.5 cm³/mol. The summed E-state index contributed by atoms with van der Waals surface area (Å²) in [5.74, 6) is -1.37. The molecule has 0 aromatic heterocycles. The van der Waals surface area contributed by atoms with Crippen LogP contribution in [0, 0.1) is 5.92 Å². The molecule has 0 aromatic carbocycles. The molecule has 1 rings (SSSR count). The highest BCUT2D eigenvalue weighted by Gasteiger charge is 2.23. The van der Waals surface area contributed by atoms with E-state index in [1.165, 1.54) is 0 Å². The van der Waals surface area contributed by atoms with E-state index in [4.69, 9.17) is 9.29 Å². The molecule has 0 aliphatic heterocycles. The second-order valence-corrected chi connectivity index (χ2v) is 6.13. The Bertz CT molecular complexity index is 362. The molecule has 0 spiro atoms. The van der Waals surface area contributed by atoms with Crippen LogP contribution in [0.15, 0.2) is 0 Å². The summed E-state index contributed by atoms with van der Waals surface area (Å²) in [6.07, 6.45) is 2.84. The predicted octanol–water partition coefficient (Wildman–Crippen LogP) is 1.73. The molecule has 18 heavy (non-hydrogen) atoms. The van der Waals surface area contributed by atoms with Crippen molar-refractivity contribution < 1.29 is 26.9 Å². The van der Waals surface area contributed by atoms with Gasteiger partial charge in [0.1, 0.15) is 11.9 Å². The summed E-state index contributed by atoms with van der Waals surface area (Å²) < 4.78 is 47.2. The van der Waals surface area contributed by atoms with Crippen LogP contribution in [0.2, 0.25) is 0 Å². The quantitative estimate of drug-likeness (QED) is 0.592. The molecule has 5 nitrogen and oxygen atoms in total. The van der Waals surface area contributed by atoms with Crippen molar-refractivity contribution in [1.29, 1.82) is 0 Å². The van der Waals surface area contributed by atoms with Crippen molar-refractivity contribution in [2.45, 2.75) is 44.7 Å². The lowest BCUT2D eigenvalue weighted by atomic mass is 9.89. The van der Waals surface area contributed by atoms with Crippen molar-refractivity contribution in [3.63, 3.8) is 0 Å². The van der Waals surface area contributed by atoms with Gasteiger partial charge in [0.25, 0.3) is 10.1 Å². The number of carbonyl (C=O) groups excluding carboxylic acids is 1. The maximum atomic E-state index is 13.1. The summed E-state index contributed by atoms with van der Waals surface area (Å²) in [5, 5.41) is 0. The van der Waals surface area contributed by atoms with Gasteiger partial charge >= 0.3 is 5.97 Å². The fourth-order valence-corrected chi connectivity index (χ4v) is 2.68. The number of alkyl halides is 1. The highest BCUT2D eigenvalue weighted by atomic mass is 32.2. The molecule has 0 bridgehead atoms. The third-order valence-corrected chi connectivity index (χ3v) is 3.79. The number of hydrogen-bond donors (Lipinski definition) is 1. The minimum absolute atomic E-state index is 0.0987. The zero-order valence-electron chi connectivity index (χ0n) is 10.2. The van der Waals surface area contributed by atoms with Gasteiger partial charge in [-0.2, -0.15) is 8.42 Å². The van der Waals surface area contributed by atoms with Crippen LogP contribution < -0.4 is 0 Å². The average Bonchev–Trinajstić information content (AvgIpc) is 2.27. The molecule has 1 atom stereocenters. The fourth-order valence-electron chi connectivity index (χ4n) is 2.06. The van der Waals surface area contributed by atoms with E-state index in [2.05, 4.69) is 0 Å². The highest BCUT2D eigenvalue weighted by molar-refractivity contribution is 7.85. The number of esters is 1. The Morgan fingerprint density at radius 1 is 1.33 bits per heavy atom. The van der Waals surface area contributed by atoms with E-state index in [0.29, 0.717) is 0 Å². The van der Waals surface area contributed by atoms with Crippen LogP contribution >= 0.6 is 0 Å². The molecule has 1 aliphatic carbocycles. The van der Waals surface area contributed by atoms with Crippen LogP contribution in [0.1, 0.15) is 38.5 Å². The molecule has 1 unspecified atom stereocenters. The minimum Gasteiger partial charge on any atom is -0.465 e. The second kappa shape index (κ2) is 7.04. The van der Waals surface area contributed by atoms with Crippen LogP contribution in [0.25, 0.3) is 0 Å². The van der Waals surface area contributed by atoms with Gasteiger partial charge in [-0.15, -0.1) is 0 Å². The summed E-state index contributed by atoms with van der Waals surface area (Å²) in [6.45, 7) is -0.147. The Morgan fingerprint density at radius 3 is 2.50 bits per heavy atom. The molecule has 7 heteroatoms. The Balaban J connectivity index is 2.18. The standard InChI is InChI=1S/C11H19FO5S/c12-10(8-18(14,15)16)6-7-17-11(13)9-4-2-1-3-5-9/h9-10H,1-8H2,(H,14,15,16). The summed E-state index contributed by atoms with van der Waals surface area (Å²) in [4.78, 5) is 11.6. The monoisotopic (exact) mass is 282 g/mol. The number of rotatable bonds is 6. The van der Waals surface area contributed by atoms with Crippen molar-refractivity contribution in [3.05, 3.63) is 0 Å². The van der Waals surface area contributed by atoms with Gasteiger partial charge in [0.15, 0.2) is 0 Å². The Labute approximate surface area is 106 Å².